The van der Waals surface area contributed by atoms with Crippen molar-refractivity contribution >= 4 is 17.6 Å². The number of carbonyl (C=O) groups is 1. The Labute approximate surface area is 99.6 Å². The molecule has 0 aliphatic carbocycles. The van der Waals surface area contributed by atoms with Crippen LogP contribution < -0.4 is 0 Å². The molecule has 4 heteroatoms. The molecule has 0 fully saturated rings. The maximum atomic E-state index is 11.1. The number of hydrogen-bond donors (Lipinski definition) is 1. The normalized spacial score (nSPS) is 17.1. The van der Waals surface area contributed by atoms with Crippen LogP contribution in [0.3, 0.4) is 0 Å². The molecule has 1 N–H and O–H groups in total. The van der Waals surface area contributed by atoms with E-state index in [-0.39, 0.29) is 0 Å². The Morgan fingerprint density at radius 1 is 1.50 bits per heavy atom. The molecule has 0 radical (unpaired) electrons. The van der Waals surface area contributed by atoms with Crippen LogP contribution in [0.15, 0.2) is 18.2 Å². The van der Waals surface area contributed by atoms with E-state index in [4.69, 9.17) is 16.7 Å². The summed E-state index contributed by atoms with van der Waals surface area (Å²) in [6, 6.07) is 5.36. The topological polar surface area (TPSA) is 40.5 Å². The summed E-state index contributed by atoms with van der Waals surface area (Å²) in [7, 11) is 0. The molecule has 1 aliphatic rings. The Hall–Kier alpha value is -1.06. The molecule has 0 spiro atoms. The van der Waals surface area contributed by atoms with Crippen molar-refractivity contribution in [3.63, 3.8) is 0 Å². The number of halogens is 1. The number of nitrogens with zero attached hydrogens (tertiary/aromatic N) is 1. The smallest absolute Gasteiger partial charge is 0.320 e. The Morgan fingerprint density at radius 3 is 2.81 bits per heavy atom. The van der Waals surface area contributed by atoms with Crippen LogP contribution in [0.25, 0.3) is 0 Å². The number of benzene rings is 1. The summed E-state index contributed by atoms with van der Waals surface area (Å²) >= 11 is 5.91. The molecule has 16 heavy (non-hydrogen) atoms. The first kappa shape index (κ1) is 11.4. The largest absolute Gasteiger partial charge is 0.480 e. The molecular weight excluding hydrogens is 226 g/mol. The summed E-state index contributed by atoms with van der Waals surface area (Å²) in [6.45, 7) is 3.28. The molecule has 0 aromatic heterocycles. The fraction of sp³-hybridized carbons (Fsp3) is 0.417. The lowest BCUT2D eigenvalue weighted by Gasteiger charge is -2.22. The van der Waals surface area contributed by atoms with Gasteiger partial charge in [-0.3, -0.25) is 9.69 Å². The summed E-state index contributed by atoms with van der Waals surface area (Å²) in [5, 5.41) is 9.81. The lowest BCUT2D eigenvalue weighted by molar-refractivity contribution is -0.143. The Morgan fingerprint density at radius 2 is 2.19 bits per heavy atom. The predicted octanol–water partition coefficient (Wildman–Crippen LogP) is 2.52. The number of hydrogen-bond acceptors (Lipinski definition) is 2. The van der Waals surface area contributed by atoms with Crippen molar-refractivity contribution in [3.8, 4) is 0 Å². The van der Waals surface area contributed by atoms with Gasteiger partial charge < -0.3 is 5.11 Å². The van der Waals surface area contributed by atoms with Crippen molar-refractivity contribution in [2.24, 2.45) is 0 Å². The van der Waals surface area contributed by atoms with Gasteiger partial charge in [0.25, 0.3) is 0 Å². The Bertz CT molecular complexity index is 419. The summed E-state index contributed by atoms with van der Waals surface area (Å²) in [6.07, 6.45) is 0.622. The number of fused-ring (bicyclic) bond motifs is 1. The second kappa shape index (κ2) is 4.44. The van der Waals surface area contributed by atoms with Gasteiger partial charge in [-0.25, -0.2) is 0 Å². The van der Waals surface area contributed by atoms with E-state index in [0.29, 0.717) is 24.5 Å². The van der Waals surface area contributed by atoms with Crippen LogP contribution in [0.5, 0.6) is 0 Å². The fourth-order valence-electron chi connectivity index (χ4n) is 2.20. The molecule has 1 unspecified atom stereocenters. The van der Waals surface area contributed by atoms with Crippen molar-refractivity contribution < 1.29 is 9.90 Å². The average Bonchev–Trinajstić information content (AvgIpc) is 2.60. The molecule has 1 aromatic carbocycles. The number of carboxylic acid groups (broad SMARTS) is 1. The second-order valence-corrected chi connectivity index (χ2v) is 4.52. The molecule has 1 aromatic rings. The summed E-state index contributed by atoms with van der Waals surface area (Å²) in [4.78, 5) is 13.0. The zero-order chi connectivity index (χ0) is 11.7. The van der Waals surface area contributed by atoms with Crippen LogP contribution in [0.1, 0.15) is 24.5 Å². The molecular formula is C12H14ClNO2. The molecule has 86 valence electrons. The SMILES string of the molecule is CCC(C(=O)O)N1Cc2ccc(Cl)cc2C1. The molecule has 1 aliphatic heterocycles. The average molecular weight is 240 g/mol. The van der Waals surface area contributed by atoms with Gasteiger partial charge in [-0.1, -0.05) is 24.6 Å². The lowest BCUT2D eigenvalue weighted by Crippen LogP contribution is -2.36. The minimum Gasteiger partial charge on any atom is -0.480 e. The van der Waals surface area contributed by atoms with Crippen molar-refractivity contribution in [2.45, 2.75) is 32.5 Å². The predicted molar refractivity (Wildman–Crippen MR) is 62.4 cm³/mol. The first-order valence-electron chi connectivity index (χ1n) is 5.36. The highest BCUT2D eigenvalue weighted by Gasteiger charge is 2.29. The van der Waals surface area contributed by atoms with E-state index in [1.165, 1.54) is 5.56 Å². The third-order valence-corrected chi connectivity index (χ3v) is 3.26. The molecule has 2 rings (SSSR count). The zero-order valence-corrected chi connectivity index (χ0v) is 9.87. The van der Waals surface area contributed by atoms with Gasteiger partial charge in [0, 0.05) is 18.1 Å². The van der Waals surface area contributed by atoms with Crippen LogP contribution in [0.4, 0.5) is 0 Å². The minimum absolute atomic E-state index is 0.397. The van der Waals surface area contributed by atoms with Gasteiger partial charge in [0.05, 0.1) is 0 Å². The number of rotatable bonds is 3. The highest BCUT2D eigenvalue weighted by molar-refractivity contribution is 6.30. The van der Waals surface area contributed by atoms with E-state index in [9.17, 15) is 4.79 Å². The van der Waals surface area contributed by atoms with E-state index in [2.05, 4.69) is 0 Å². The van der Waals surface area contributed by atoms with Crippen LogP contribution in [0, 0.1) is 0 Å². The van der Waals surface area contributed by atoms with Gasteiger partial charge in [-0.15, -0.1) is 0 Å². The zero-order valence-electron chi connectivity index (χ0n) is 9.11. The molecule has 0 saturated carbocycles. The number of carboxylic acids is 1. The molecule has 3 nitrogen and oxygen atoms in total. The van der Waals surface area contributed by atoms with Crippen LogP contribution in [0.2, 0.25) is 5.02 Å². The quantitative estimate of drug-likeness (QED) is 0.881. The van der Waals surface area contributed by atoms with E-state index in [0.717, 1.165) is 5.56 Å². The molecule has 0 saturated heterocycles. The van der Waals surface area contributed by atoms with Crippen molar-refractivity contribution in [2.75, 3.05) is 0 Å². The minimum atomic E-state index is -0.749. The van der Waals surface area contributed by atoms with Crippen LogP contribution in [-0.2, 0) is 17.9 Å². The van der Waals surface area contributed by atoms with E-state index < -0.39 is 12.0 Å². The lowest BCUT2D eigenvalue weighted by atomic mass is 10.1. The fourth-order valence-corrected chi connectivity index (χ4v) is 2.39. The van der Waals surface area contributed by atoms with Crippen LogP contribution in [-0.4, -0.2) is 22.0 Å². The standard InChI is InChI=1S/C12H14ClNO2/c1-2-11(12(15)16)14-6-8-3-4-10(13)5-9(8)7-14/h3-5,11H,2,6-7H2,1H3,(H,15,16). The third-order valence-electron chi connectivity index (χ3n) is 3.03. The summed E-state index contributed by atoms with van der Waals surface area (Å²) < 4.78 is 0. The van der Waals surface area contributed by atoms with Gasteiger partial charge in [0.15, 0.2) is 0 Å². The van der Waals surface area contributed by atoms with Gasteiger partial charge in [-0.2, -0.15) is 0 Å². The first-order chi connectivity index (χ1) is 7.61. The third kappa shape index (κ3) is 2.06. The van der Waals surface area contributed by atoms with Gasteiger partial charge >= 0.3 is 5.97 Å². The molecule has 1 heterocycles. The van der Waals surface area contributed by atoms with E-state index in [1.54, 1.807) is 0 Å². The molecule has 0 amide bonds. The Balaban J connectivity index is 2.18. The second-order valence-electron chi connectivity index (χ2n) is 4.08. The first-order valence-corrected chi connectivity index (χ1v) is 5.73. The molecule has 0 bridgehead atoms. The molecule has 1 atom stereocenters. The highest BCUT2D eigenvalue weighted by atomic mass is 35.5. The maximum Gasteiger partial charge on any atom is 0.320 e. The number of aliphatic carboxylic acids is 1. The van der Waals surface area contributed by atoms with Crippen molar-refractivity contribution in [3.05, 3.63) is 34.3 Å². The highest BCUT2D eigenvalue weighted by Crippen LogP contribution is 2.27. The Kier molecular flexibility index (Phi) is 3.17. The van der Waals surface area contributed by atoms with Gasteiger partial charge in [-0.05, 0) is 29.7 Å². The van der Waals surface area contributed by atoms with Gasteiger partial charge in [0.1, 0.15) is 6.04 Å². The van der Waals surface area contributed by atoms with Crippen LogP contribution >= 0.6 is 11.6 Å². The van der Waals surface area contributed by atoms with Crippen molar-refractivity contribution in [1.82, 2.24) is 4.90 Å². The van der Waals surface area contributed by atoms with Gasteiger partial charge in [0.2, 0.25) is 0 Å². The maximum absolute atomic E-state index is 11.1. The van der Waals surface area contributed by atoms with E-state index >= 15 is 0 Å². The summed E-state index contributed by atoms with van der Waals surface area (Å²) in [5.74, 6) is -0.749. The summed E-state index contributed by atoms with van der Waals surface area (Å²) in [5.41, 5.74) is 2.33. The van der Waals surface area contributed by atoms with Crippen molar-refractivity contribution in [1.29, 1.82) is 0 Å². The monoisotopic (exact) mass is 239 g/mol. The van der Waals surface area contributed by atoms with E-state index in [1.807, 2.05) is 30.0 Å².